The number of aromatic nitrogens is 1. The Morgan fingerprint density at radius 2 is 2.21 bits per heavy atom. The van der Waals surface area contributed by atoms with Crippen LogP contribution in [0.15, 0.2) is 33.3 Å². The summed E-state index contributed by atoms with van der Waals surface area (Å²) in [6.07, 6.45) is 1.58. The van der Waals surface area contributed by atoms with Crippen molar-refractivity contribution in [2.24, 2.45) is 0 Å². The minimum atomic E-state index is -0.309. The van der Waals surface area contributed by atoms with Gasteiger partial charge in [-0.2, -0.15) is 0 Å². The maximum absolute atomic E-state index is 13.2. The first-order chi connectivity index (χ1) is 6.66. The Bertz CT molecular complexity index is 467. The summed E-state index contributed by atoms with van der Waals surface area (Å²) in [5.41, 5.74) is 0.686. The molecule has 0 saturated heterocycles. The molecule has 0 saturated carbocycles. The summed E-state index contributed by atoms with van der Waals surface area (Å²) in [5, 5.41) is 0. The SMILES string of the molecule is Cc1ncc(-c2ccc(Br)c(F)c2)o1. The summed E-state index contributed by atoms with van der Waals surface area (Å²) in [6.45, 7) is 1.75. The van der Waals surface area contributed by atoms with Crippen LogP contribution >= 0.6 is 15.9 Å². The number of benzene rings is 1. The van der Waals surface area contributed by atoms with Crippen molar-refractivity contribution in [3.05, 3.63) is 40.6 Å². The highest BCUT2D eigenvalue weighted by Crippen LogP contribution is 2.24. The molecule has 14 heavy (non-hydrogen) atoms. The first kappa shape index (κ1) is 9.40. The molecule has 0 aliphatic carbocycles. The van der Waals surface area contributed by atoms with Gasteiger partial charge in [0.15, 0.2) is 11.7 Å². The molecule has 2 rings (SSSR count). The monoisotopic (exact) mass is 255 g/mol. The lowest BCUT2D eigenvalue weighted by Gasteiger charge is -1.97. The van der Waals surface area contributed by atoms with Crippen LogP contribution in [0.2, 0.25) is 0 Å². The highest BCUT2D eigenvalue weighted by atomic mass is 79.9. The van der Waals surface area contributed by atoms with E-state index in [0.717, 1.165) is 0 Å². The van der Waals surface area contributed by atoms with E-state index in [2.05, 4.69) is 20.9 Å². The number of hydrogen-bond acceptors (Lipinski definition) is 2. The molecular formula is C10H7BrFNO. The molecule has 0 bridgehead atoms. The van der Waals surface area contributed by atoms with E-state index in [-0.39, 0.29) is 5.82 Å². The summed E-state index contributed by atoms with van der Waals surface area (Å²) in [4.78, 5) is 3.94. The van der Waals surface area contributed by atoms with Crippen LogP contribution in [0.5, 0.6) is 0 Å². The van der Waals surface area contributed by atoms with Crippen molar-refractivity contribution in [1.82, 2.24) is 4.98 Å². The van der Waals surface area contributed by atoms with Crippen LogP contribution in [-0.4, -0.2) is 4.98 Å². The van der Waals surface area contributed by atoms with Gasteiger partial charge in [0.2, 0.25) is 0 Å². The maximum Gasteiger partial charge on any atom is 0.191 e. The number of nitrogens with zero attached hydrogens (tertiary/aromatic N) is 1. The molecule has 0 spiro atoms. The van der Waals surface area contributed by atoms with E-state index in [1.807, 2.05) is 0 Å². The normalized spacial score (nSPS) is 10.5. The zero-order chi connectivity index (χ0) is 10.1. The molecule has 0 amide bonds. The smallest absolute Gasteiger partial charge is 0.191 e. The minimum Gasteiger partial charge on any atom is -0.441 e. The molecule has 2 aromatic rings. The Labute approximate surface area is 88.9 Å². The fourth-order valence-electron chi connectivity index (χ4n) is 1.14. The van der Waals surface area contributed by atoms with Gasteiger partial charge in [0.05, 0.1) is 10.7 Å². The predicted molar refractivity (Wildman–Crippen MR) is 54.3 cm³/mol. The van der Waals surface area contributed by atoms with Crippen LogP contribution in [-0.2, 0) is 0 Å². The third-order valence-electron chi connectivity index (χ3n) is 1.83. The fourth-order valence-corrected chi connectivity index (χ4v) is 1.39. The zero-order valence-corrected chi connectivity index (χ0v) is 9.01. The molecule has 0 aliphatic heterocycles. The van der Waals surface area contributed by atoms with Crippen molar-refractivity contribution in [3.8, 4) is 11.3 Å². The van der Waals surface area contributed by atoms with Crippen LogP contribution in [0.25, 0.3) is 11.3 Å². The van der Waals surface area contributed by atoms with E-state index in [1.54, 1.807) is 25.3 Å². The summed E-state index contributed by atoms with van der Waals surface area (Å²) >= 11 is 3.09. The van der Waals surface area contributed by atoms with Gasteiger partial charge >= 0.3 is 0 Å². The molecule has 1 heterocycles. The Balaban J connectivity index is 2.47. The van der Waals surface area contributed by atoms with Crippen LogP contribution in [0.1, 0.15) is 5.89 Å². The van der Waals surface area contributed by atoms with E-state index in [4.69, 9.17) is 4.42 Å². The molecule has 72 valence electrons. The number of rotatable bonds is 1. The highest BCUT2D eigenvalue weighted by Gasteiger charge is 2.06. The van der Waals surface area contributed by atoms with E-state index in [9.17, 15) is 4.39 Å². The Morgan fingerprint density at radius 3 is 2.79 bits per heavy atom. The summed E-state index contributed by atoms with van der Waals surface area (Å²) in [7, 11) is 0. The first-order valence-electron chi connectivity index (χ1n) is 4.04. The largest absolute Gasteiger partial charge is 0.441 e. The first-order valence-corrected chi connectivity index (χ1v) is 4.84. The quantitative estimate of drug-likeness (QED) is 0.779. The van der Waals surface area contributed by atoms with Crippen molar-refractivity contribution in [2.45, 2.75) is 6.92 Å². The average molecular weight is 256 g/mol. The maximum atomic E-state index is 13.2. The van der Waals surface area contributed by atoms with Gasteiger partial charge in [-0.3, -0.25) is 0 Å². The molecule has 0 atom stereocenters. The number of hydrogen-bond donors (Lipinski definition) is 0. The van der Waals surface area contributed by atoms with Crippen LogP contribution in [0.3, 0.4) is 0 Å². The lowest BCUT2D eigenvalue weighted by Crippen LogP contribution is -1.79. The summed E-state index contributed by atoms with van der Waals surface area (Å²) in [6, 6.07) is 4.82. The Hall–Kier alpha value is -1.16. The molecule has 0 radical (unpaired) electrons. The lowest BCUT2D eigenvalue weighted by molar-refractivity contribution is 0.533. The molecule has 0 N–H and O–H groups in total. The van der Waals surface area contributed by atoms with Gasteiger partial charge in [-0.25, -0.2) is 9.37 Å². The van der Waals surface area contributed by atoms with Crippen molar-refractivity contribution in [1.29, 1.82) is 0 Å². The highest BCUT2D eigenvalue weighted by molar-refractivity contribution is 9.10. The molecule has 1 aromatic heterocycles. The van der Waals surface area contributed by atoms with Crippen molar-refractivity contribution >= 4 is 15.9 Å². The van der Waals surface area contributed by atoms with Gasteiger partial charge in [-0.1, -0.05) is 0 Å². The van der Waals surface area contributed by atoms with Gasteiger partial charge in [-0.15, -0.1) is 0 Å². The van der Waals surface area contributed by atoms with Crippen LogP contribution in [0, 0.1) is 12.7 Å². The van der Waals surface area contributed by atoms with E-state index < -0.39 is 0 Å². The molecular weight excluding hydrogens is 249 g/mol. The number of oxazole rings is 1. The second kappa shape index (κ2) is 3.53. The van der Waals surface area contributed by atoms with Gasteiger partial charge in [0, 0.05) is 12.5 Å². The Kier molecular flexibility index (Phi) is 2.37. The predicted octanol–water partition coefficient (Wildman–Crippen LogP) is 3.55. The summed E-state index contributed by atoms with van der Waals surface area (Å²) < 4.78 is 18.9. The topological polar surface area (TPSA) is 26.0 Å². The second-order valence-electron chi connectivity index (χ2n) is 2.87. The van der Waals surface area contributed by atoms with Crippen LogP contribution in [0.4, 0.5) is 4.39 Å². The van der Waals surface area contributed by atoms with Crippen molar-refractivity contribution < 1.29 is 8.81 Å². The Morgan fingerprint density at radius 1 is 1.43 bits per heavy atom. The zero-order valence-electron chi connectivity index (χ0n) is 7.42. The van der Waals surface area contributed by atoms with Crippen LogP contribution < -0.4 is 0 Å². The van der Waals surface area contributed by atoms with E-state index >= 15 is 0 Å². The van der Waals surface area contributed by atoms with Gasteiger partial charge in [0.1, 0.15) is 5.82 Å². The molecule has 0 fully saturated rings. The van der Waals surface area contributed by atoms with Crippen molar-refractivity contribution in [2.75, 3.05) is 0 Å². The third-order valence-corrected chi connectivity index (χ3v) is 2.47. The third kappa shape index (κ3) is 1.70. The molecule has 0 aliphatic rings. The average Bonchev–Trinajstić information content (AvgIpc) is 2.57. The van der Waals surface area contributed by atoms with Crippen molar-refractivity contribution in [3.63, 3.8) is 0 Å². The molecule has 1 aromatic carbocycles. The van der Waals surface area contributed by atoms with E-state index in [1.165, 1.54) is 6.07 Å². The van der Waals surface area contributed by atoms with Gasteiger partial charge < -0.3 is 4.42 Å². The second-order valence-corrected chi connectivity index (χ2v) is 3.73. The van der Waals surface area contributed by atoms with Gasteiger partial charge in [-0.05, 0) is 34.1 Å². The minimum absolute atomic E-state index is 0.309. The standard InChI is InChI=1S/C10H7BrFNO/c1-6-13-5-10(14-6)7-2-3-8(11)9(12)4-7/h2-5H,1H3. The molecule has 4 heteroatoms. The molecule has 2 nitrogen and oxygen atoms in total. The van der Waals surface area contributed by atoms with Gasteiger partial charge in [0.25, 0.3) is 0 Å². The summed E-state index contributed by atoms with van der Waals surface area (Å²) in [5.74, 6) is 0.841. The number of halogens is 2. The molecule has 0 unspecified atom stereocenters. The van der Waals surface area contributed by atoms with E-state index in [0.29, 0.717) is 21.7 Å². The lowest BCUT2D eigenvalue weighted by atomic mass is 10.2. The number of aryl methyl sites for hydroxylation is 1. The fraction of sp³-hybridized carbons (Fsp3) is 0.100.